The van der Waals surface area contributed by atoms with Crippen LogP contribution in [0.3, 0.4) is 0 Å². The molecular formula is C19H13NO4S. The first-order valence-corrected chi connectivity index (χ1v) is 9.15. The number of Topliss-reactive ketones (excluding diaryl/α,β-unsaturated/α-hetero) is 1. The Morgan fingerprint density at radius 1 is 0.960 bits per heavy atom. The van der Waals surface area contributed by atoms with E-state index in [4.69, 9.17) is 4.52 Å². The van der Waals surface area contributed by atoms with E-state index < -0.39 is 15.6 Å². The van der Waals surface area contributed by atoms with Gasteiger partial charge in [0.1, 0.15) is 5.69 Å². The topological polar surface area (TPSA) is 77.2 Å². The number of aryl methyl sites for hydroxylation is 1. The van der Waals surface area contributed by atoms with Crippen LogP contribution >= 0.6 is 0 Å². The van der Waals surface area contributed by atoms with E-state index in [2.05, 4.69) is 5.16 Å². The van der Waals surface area contributed by atoms with Crippen molar-refractivity contribution in [3.8, 4) is 11.3 Å². The van der Waals surface area contributed by atoms with Gasteiger partial charge in [0.25, 0.3) is 0 Å². The minimum absolute atomic E-state index is 0.00830. The van der Waals surface area contributed by atoms with Gasteiger partial charge in [-0.3, -0.25) is 4.79 Å². The molecule has 0 N–H and O–H groups in total. The summed E-state index contributed by atoms with van der Waals surface area (Å²) in [6.07, 6.45) is 0. The third-order valence-corrected chi connectivity index (χ3v) is 5.67. The van der Waals surface area contributed by atoms with Crippen LogP contribution in [0.15, 0.2) is 69.4 Å². The number of nitrogens with zero attached hydrogens (tertiary/aromatic N) is 1. The van der Waals surface area contributed by atoms with Gasteiger partial charge in [-0.2, -0.15) is 0 Å². The second-order valence-electron chi connectivity index (χ2n) is 5.79. The third kappa shape index (κ3) is 2.51. The van der Waals surface area contributed by atoms with Crippen molar-refractivity contribution in [1.82, 2.24) is 5.16 Å². The van der Waals surface area contributed by atoms with Crippen molar-refractivity contribution < 1.29 is 17.7 Å². The van der Waals surface area contributed by atoms with Gasteiger partial charge in [-0.15, -0.1) is 0 Å². The first kappa shape index (κ1) is 15.5. The van der Waals surface area contributed by atoms with E-state index in [0.29, 0.717) is 5.69 Å². The Labute approximate surface area is 144 Å². The van der Waals surface area contributed by atoms with E-state index in [9.17, 15) is 13.2 Å². The van der Waals surface area contributed by atoms with E-state index in [-0.39, 0.29) is 21.8 Å². The number of sulfone groups is 1. The fraction of sp³-hybridized carbons (Fsp3) is 0.0526. The van der Waals surface area contributed by atoms with Crippen molar-refractivity contribution in [2.45, 2.75) is 11.8 Å². The highest BCUT2D eigenvalue weighted by molar-refractivity contribution is 7.94. The zero-order valence-electron chi connectivity index (χ0n) is 13.3. The predicted octanol–water partition coefficient (Wildman–Crippen LogP) is 3.66. The van der Waals surface area contributed by atoms with Crippen LogP contribution in [0, 0.1) is 6.92 Å². The number of hydrogen-bond donors (Lipinski definition) is 0. The second kappa shape index (κ2) is 5.53. The molecule has 0 fully saturated rings. The smallest absolute Gasteiger partial charge is 0.201 e. The predicted molar refractivity (Wildman–Crippen MR) is 92.6 cm³/mol. The van der Waals surface area contributed by atoms with Crippen LogP contribution in [0.25, 0.3) is 16.8 Å². The quantitative estimate of drug-likeness (QED) is 0.704. The van der Waals surface area contributed by atoms with Crippen LogP contribution in [0.4, 0.5) is 0 Å². The zero-order valence-corrected chi connectivity index (χ0v) is 14.1. The summed E-state index contributed by atoms with van der Waals surface area (Å²) in [7, 11) is -3.71. The minimum atomic E-state index is -3.71. The van der Waals surface area contributed by atoms with Crippen LogP contribution in [0.5, 0.6) is 0 Å². The maximum atomic E-state index is 12.7. The molecule has 0 amide bonds. The second-order valence-corrected chi connectivity index (χ2v) is 7.56. The maximum Gasteiger partial charge on any atom is 0.201 e. The van der Waals surface area contributed by atoms with Gasteiger partial charge < -0.3 is 4.52 Å². The summed E-state index contributed by atoms with van der Waals surface area (Å²) in [4.78, 5) is 12.7. The van der Waals surface area contributed by atoms with E-state index >= 15 is 0 Å². The number of benzene rings is 2. The van der Waals surface area contributed by atoms with Crippen molar-refractivity contribution >= 4 is 21.2 Å². The van der Waals surface area contributed by atoms with Gasteiger partial charge >= 0.3 is 0 Å². The molecule has 3 aromatic rings. The monoisotopic (exact) mass is 351 g/mol. The Hall–Kier alpha value is -2.99. The number of carbonyl (C=O) groups excluding carboxylic acids is 1. The maximum absolute atomic E-state index is 12.7. The van der Waals surface area contributed by atoms with E-state index in [1.165, 1.54) is 12.1 Å². The molecule has 6 heteroatoms. The summed E-state index contributed by atoms with van der Waals surface area (Å²) in [5.74, 6) is -0.251. The fourth-order valence-corrected chi connectivity index (χ4v) is 4.27. The lowest BCUT2D eigenvalue weighted by Gasteiger charge is -2.13. The normalized spacial score (nSPS) is 15.6. The van der Waals surface area contributed by atoms with Gasteiger partial charge in [0.2, 0.25) is 9.84 Å². The van der Waals surface area contributed by atoms with Gasteiger partial charge in [0.15, 0.2) is 11.5 Å². The molecule has 5 nitrogen and oxygen atoms in total. The molecule has 4 rings (SSSR count). The van der Waals surface area contributed by atoms with Crippen molar-refractivity contribution in [1.29, 1.82) is 0 Å². The molecule has 2 aromatic carbocycles. The summed E-state index contributed by atoms with van der Waals surface area (Å²) in [6.45, 7) is 1.94. The van der Waals surface area contributed by atoms with Gasteiger partial charge in [-0.25, -0.2) is 8.42 Å². The molecule has 0 unspecified atom stereocenters. The Morgan fingerprint density at radius 3 is 2.40 bits per heavy atom. The van der Waals surface area contributed by atoms with Crippen LogP contribution in [-0.4, -0.2) is 19.4 Å². The zero-order chi connectivity index (χ0) is 17.6. The van der Waals surface area contributed by atoms with Crippen LogP contribution < -0.4 is 0 Å². The molecule has 25 heavy (non-hydrogen) atoms. The van der Waals surface area contributed by atoms with Gasteiger partial charge in [-0.05, 0) is 24.6 Å². The van der Waals surface area contributed by atoms with Gasteiger partial charge in [0.05, 0.1) is 15.9 Å². The standard InChI is InChI=1S/C19H13NO4S/c1-12-6-2-3-7-13(12)16-10-17(24-20-16)15-11-25(22,23)18-9-5-4-8-14(18)19(15)21/h2-11H,1H3. The molecule has 0 saturated heterocycles. The van der Waals surface area contributed by atoms with Gasteiger partial charge in [0, 0.05) is 17.2 Å². The molecule has 0 spiro atoms. The Kier molecular flexibility index (Phi) is 3.43. The number of ketones is 1. The lowest BCUT2D eigenvalue weighted by Crippen LogP contribution is -2.15. The number of aromatic nitrogens is 1. The summed E-state index contributed by atoms with van der Waals surface area (Å²) in [5, 5.41) is 4.96. The summed E-state index contributed by atoms with van der Waals surface area (Å²) in [6, 6.07) is 15.4. The van der Waals surface area contributed by atoms with E-state index in [0.717, 1.165) is 16.5 Å². The molecule has 124 valence electrons. The molecule has 0 radical (unpaired) electrons. The minimum Gasteiger partial charge on any atom is -0.355 e. The number of fused-ring (bicyclic) bond motifs is 1. The van der Waals surface area contributed by atoms with Crippen LogP contribution in [0.1, 0.15) is 21.7 Å². The van der Waals surface area contributed by atoms with E-state index in [1.54, 1.807) is 18.2 Å². The molecular weight excluding hydrogens is 338 g/mol. The molecule has 0 atom stereocenters. The largest absolute Gasteiger partial charge is 0.355 e. The van der Waals surface area contributed by atoms with E-state index in [1.807, 2.05) is 31.2 Å². The SMILES string of the molecule is Cc1ccccc1-c1cc(C2=CS(=O)(=O)c3ccccc3C2=O)on1. The number of carbonyl (C=O) groups is 1. The molecule has 0 saturated carbocycles. The fourth-order valence-electron chi connectivity index (χ4n) is 2.88. The van der Waals surface area contributed by atoms with Crippen molar-refractivity contribution in [3.63, 3.8) is 0 Å². The Bertz CT molecular complexity index is 1140. The molecule has 1 aromatic heterocycles. The third-order valence-electron chi connectivity index (χ3n) is 4.15. The first-order chi connectivity index (χ1) is 12.0. The highest BCUT2D eigenvalue weighted by atomic mass is 32.2. The summed E-state index contributed by atoms with van der Waals surface area (Å²) < 4.78 is 30.2. The molecule has 1 aliphatic rings. The van der Waals surface area contributed by atoms with Crippen molar-refractivity contribution in [2.24, 2.45) is 0 Å². The highest BCUT2D eigenvalue weighted by Gasteiger charge is 2.32. The van der Waals surface area contributed by atoms with Crippen molar-refractivity contribution in [3.05, 3.63) is 76.9 Å². The highest BCUT2D eigenvalue weighted by Crippen LogP contribution is 2.34. The van der Waals surface area contributed by atoms with Crippen LogP contribution in [-0.2, 0) is 9.84 Å². The molecule has 0 bridgehead atoms. The lowest BCUT2D eigenvalue weighted by atomic mass is 10.0. The number of rotatable bonds is 2. The summed E-state index contributed by atoms with van der Waals surface area (Å²) in [5.41, 5.74) is 2.56. The molecule has 2 heterocycles. The molecule has 1 aliphatic heterocycles. The number of hydrogen-bond acceptors (Lipinski definition) is 5. The van der Waals surface area contributed by atoms with Crippen molar-refractivity contribution in [2.75, 3.05) is 0 Å². The number of allylic oxidation sites excluding steroid dienone is 1. The molecule has 0 aliphatic carbocycles. The average Bonchev–Trinajstić information content (AvgIpc) is 3.08. The first-order valence-electron chi connectivity index (χ1n) is 7.61. The average molecular weight is 351 g/mol. The van der Waals surface area contributed by atoms with Gasteiger partial charge in [-0.1, -0.05) is 41.6 Å². The Balaban J connectivity index is 1.83. The van der Waals surface area contributed by atoms with Crippen LogP contribution in [0.2, 0.25) is 0 Å². The lowest BCUT2D eigenvalue weighted by molar-refractivity contribution is 0.105. The Morgan fingerprint density at radius 2 is 1.64 bits per heavy atom. The summed E-state index contributed by atoms with van der Waals surface area (Å²) >= 11 is 0.